The SMILES string of the molecule is Cc1ccccc1N(C)CC(N)CN. The lowest BCUT2D eigenvalue weighted by molar-refractivity contribution is 0.667. The molecule has 0 amide bonds. The van der Waals surface area contributed by atoms with Crippen molar-refractivity contribution in [2.75, 3.05) is 25.0 Å². The molecule has 0 saturated heterocycles. The van der Waals surface area contributed by atoms with Gasteiger partial charge in [0.1, 0.15) is 0 Å². The van der Waals surface area contributed by atoms with Crippen LogP contribution in [0.15, 0.2) is 24.3 Å². The molecule has 1 aromatic rings. The number of nitrogens with two attached hydrogens (primary N) is 2. The Morgan fingerprint density at radius 3 is 2.57 bits per heavy atom. The average molecular weight is 193 g/mol. The van der Waals surface area contributed by atoms with Crippen LogP contribution in [-0.4, -0.2) is 26.2 Å². The molecule has 78 valence electrons. The number of hydrogen-bond donors (Lipinski definition) is 2. The zero-order valence-corrected chi connectivity index (χ0v) is 8.90. The molecule has 1 rings (SSSR count). The fraction of sp³-hybridized carbons (Fsp3) is 0.455. The summed E-state index contributed by atoms with van der Waals surface area (Å²) < 4.78 is 0. The molecule has 0 spiro atoms. The van der Waals surface area contributed by atoms with Crippen LogP contribution in [-0.2, 0) is 0 Å². The van der Waals surface area contributed by atoms with Gasteiger partial charge in [0.25, 0.3) is 0 Å². The van der Waals surface area contributed by atoms with Crippen molar-refractivity contribution >= 4 is 5.69 Å². The Bertz CT molecular complexity index is 286. The molecule has 0 bridgehead atoms. The molecule has 0 aromatic heterocycles. The van der Waals surface area contributed by atoms with Gasteiger partial charge in [0, 0.05) is 31.9 Å². The third-order valence-corrected chi connectivity index (χ3v) is 2.34. The zero-order chi connectivity index (χ0) is 10.6. The predicted octanol–water partition coefficient (Wildman–Crippen LogP) is 0.717. The summed E-state index contributed by atoms with van der Waals surface area (Å²) in [6.45, 7) is 3.41. The minimum atomic E-state index is 0.0413. The molecule has 0 fully saturated rings. The summed E-state index contributed by atoms with van der Waals surface area (Å²) in [6, 6.07) is 8.31. The predicted molar refractivity (Wildman–Crippen MR) is 61.5 cm³/mol. The van der Waals surface area contributed by atoms with E-state index in [2.05, 4.69) is 24.0 Å². The quantitative estimate of drug-likeness (QED) is 0.740. The van der Waals surface area contributed by atoms with Crippen molar-refractivity contribution in [3.8, 4) is 0 Å². The largest absolute Gasteiger partial charge is 0.373 e. The second-order valence-corrected chi connectivity index (χ2v) is 3.66. The first-order valence-electron chi connectivity index (χ1n) is 4.87. The van der Waals surface area contributed by atoms with Gasteiger partial charge in [-0.15, -0.1) is 0 Å². The monoisotopic (exact) mass is 193 g/mol. The van der Waals surface area contributed by atoms with E-state index < -0.39 is 0 Å². The van der Waals surface area contributed by atoms with Gasteiger partial charge in [-0.25, -0.2) is 0 Å². The Morgan fingerprint density at radius 1 is 1.36 bits per heavy atom. The molecule has 0 aliphatic heterocycles. The van der Waals surface area contributed by atoms with Crippen molar-refractivity contribution < 1.29 is 0 Å². The highest BCUT2D eigenvalue weighted by molar-refractivity contribution is 5.52. The van der Waals surface area contributed by atoms with E-state index in [0.717, 1.165) is 6.54 Å². The lowest BCUT2D eigenvalue weighted by atomic mass is 10.1. The molecule has 1 aromatic carbocycles. The van der Waals surface area contributed by atoms with E-state index >= 15 is 0 Å². The Hall–Kier alpha value is -1.06. The van der Waals surface area contributed by atoms with E-state index in [4.69, 9.17) is 11.5 Å². The van der Waals surface area contributed by atoms with Gasteiger partial charge in [-0.05, 0) is 18.6 Å². The van der Waals surface area contributed by atoms with Crippen LogP contribution in [0.1, 0.15) is 5.56 Å². The van der Waals surface area contributed by atoms with Crippen LogP contribution in [0, 0.1) is 6.92 Å². The second-order valence-electron chi connectivity index (χ2n) is 3.66. The third kappa shape index (κ3) is 2.72. The Kier molecular flexibility index (Phi) is 3.92. The number of rotatable bonds is 4. The molecule has 3 nitrogen and oxygen atoms in total. The minimum Gasteiger partial charge on any atom is -0.373 e. The van der Waals surface area contributed by atoms with Gasteiger partial charge in [-0.2, -0.15) is 0 Å². The highest BCUT2D eigenvalue weighted by atomic mass is 15.1. The van der Waals surface area contributed by atoms with Crippen molar-refractivity contribution in [3.63, 3.8) is 0 Å². The van der Waals surface area contributed by atoms with E-state index in [1.807, 2.05) is 19.2 Å². The molecular weight excluding hydrogens is 174 g/mol. The van der Waals surface area contributed by atoms with Crippen molar-refractivity contribution in [1.29, 1.82) is 0 Å². The summed E-state index contributed by atoms with van der Waals surface area (Å²) in [4.78, 5) is 2.15. The van der Waals surface area contributed by atoms with Gasteiger partial charge >= 0.3 is 0 Å². The van der Waals surface area contributed by atoms with Gasteiger partial charge in [0.2, 0.25) is 0 Å². The Balaban J connectivity index is 2.69. The van der Waals surface area contributed by atoms with Gasteiger partial charge in [0.15, 0.2) is 0 Å². The Labute approximate surface area is 85.7 Å². The maximum absolute atomic E-state index is 5.79. The van der Waals surface area contributed by atoms with E-state index in [9.17, 15) is 0 Å². The highest BCUT2D eigenvalue weighted by Gasteiger charge is 2.07. The van der Waals surface area contributed by atoms with Crippen LogP contribution in [0.3, 0.4) is 0 Å². The van der Waals surface area contributed by atoms with E-state index in [-0.39, 0.29) is 6.04 Å². The molecule has 14 heavy (non-hydrogen) atoms. The lowest BCUT2D eigenvalue weighted by Crippen LogP contribution is -2.40. The van der Waals surface area contributed by atoms with Crippen LogP contribution in [0.5, 0.6) is 0 Å². The minimum absolute atomic E-state index is 0.0413. The number of nitrogens with zero attached hydrogens (tertiary/aromatic N) is 1. The number of para-hydroxylation sites is 1. The average Bonchev–Trinajstić information content (AvgIpc) is 2.18. The molecule has 1 unspecified atom stereocenters. The van der Waals surface area contributed by atoms with Gasteiger partial charge in [-0.1, -0.05) is 18.2 Å². The number of hydrogen-bond acceptors (Lipinski definition) is 3. The summed E-state index contributed by atoms with van der Waals surface area (Å²) in [5.74, 6) is 0. The highest BCUT2D eigenvalue weighted by Crippen LogP contribution is 2.17. The van der Waals surface area contributed by atoms with Gasteiger partial charge < -0.3 is 16.4 Å². The molecular formula is C11H19N3. The Morgan fingerprint density at radius 2 is 2.00 bits per heavy atom. The summed E-state index contributed by atoms with van der Waals surface area (Å²) in [6.07, 6.45) is 0. The fourth-order valence-corrected chi connectivity index (χ4v) is 1.52. The first-order chi connectivity index (χ1) is 6.65. The van der Waals surface area contributed by atoms with Gasteiger partial charge in [-0.3, -0.25) is 0 Å². The summed E-state index contributed by atoms with van der Waals surface area (Å²) in [5, 5.41) is 0. The molecule has 4 N–H and O–H groups in total. The number of aryl methyl sites for hydroxylation is 1. The maximum atomic E-state index is 5.79. The molecule has 0 radical (unpaired) electrons. The van der Waals surface area contributed by atoms with E-state index in [1.54, 1.807) is 0 Å². The standard InChI is InChI=1S/C11H19N3/c1-9-5-3-4-6-11(9)14(2)8-10(13)7-12/h3-6,10H,7-8,12-13H2,1-2H3. The van der Waals surface area contributed by atoms with Crippen molar-refractivity contribution in [3.05, 3.63) is 29.8 Å². The zero-order valence-electron chi connectivity index (χ0n) is 8.90. The van der Waals surface area contributed by atoms with Gasteiger partial charge in [0.05, 0.1) is 0 Å². The maximum Gasteiger partial charge on any atom is 0.0393 e. The second kappa shape index (κ2) is 4.98. The van der Waals surface area contributed by atoms with Crippen molar-refractivity contribution in [2.45, 2.75) is 13.0 Å². The summed E-state index contributed by atoms with van der Waals surface area (Å²) >= 11 is 0. The number of benzene rings is 1. The molecule has 3 heteroatoms. The molecule has 0 aliphatic rings. The van der Waals surface area contributed by atoms with Crippen LogP contribution in [0.4, 0.5) is 5.69 Å². The van der Waals surface area contributed by atoms with E-state index in [1.165, 1.54) is 11.3 Å². The molecule has 0 aliphatic carbocycles. The molecule has 0 heterocycles. The lowest BCUT2D eigenvalue weighted by Gasteiger charge is -2.24. The topological polar surface area (TPSA) is 55.3 Å². The van der Waals surface area contributed by atoms with Crippen LogP contribution in [0.25, 0.3) is 0 Å². The fourth-order valence-electron chi connectivity index (χ4n) is 1.52. The normalized spacial score (nSPS) is 12.6. The summed E-state index contributed by atoms with van der Waals surface area (Å²) in [5.41, 5.74) is 13.8. The smallest absolute Gasteiger partial charge is 0.0393 e. The third-order valence-electron chi connectivity index (χ3n) is 2.34. The molecule has 1 atom stereocenters. The first-order valence-corrected chi connectivity index (χ1v) is 4.87. The summed E-state index contributed by atoms with van der Waals surface area (Å²) in [7, 11) is 2.04. The van der Waals surface area contributed by atoms with E-state index in [0.29, 0.717) is 6.54 Å². The van der Waals surface area contributed by atoms with Crippen LogP contribution >= 0.6 is 0 Å². The van der Waals surface area contributed by atoms with Crippen molar-refractivity contribution in [1.82, 2.24) is 0 Å². The number of anilines is 1. The van der Waals surface area contributed by atoms with Crippen LogP contribution < -0.4 is 16.4 Å². The first kappa shape index (κ1) is 11.0. The number of likely N-dealkylation sites (N-methyl/N-ethyl adjacent to an activating group) is 1. The van der Waals surface area contributed by atoms with Crippen molar-refractivity contribution in [2.24, 2.45) is 11.5 Å². The molecule has 0 saturated carbocycles. The van der Waals surface area contributed by atoms with Crippen LogP contribution in [0.2, 0.25) is 0 Å².